The lowest BCUT2D eigenvalue weighted by Gasteiger charge is -2.25. The second-order valence-electron chi connectivity index (χ2n) is 8.10. The molecule has 0 radical (unpaired) electrons. The zero-order valence-corrected chi connectivity index (χ0v) is 18.9. The number of aromatic nitrogens is 5. The first-order valence-electron chi connectivity index (χ1n) is 11.1. The molecule has 188 valence electrons. The molecule has 13 nitrogen and oxygen atoms in total. The average Bonchev–Trinajstić information content (AvgIpc) is 3.42. The molecular weight excluding hydrogens is 478 g/mol. The number of urea groups is 1. The summed E-state index contributed by atoms with van der Waals surface area (Å²) in [6.45, 7) is 1.22. The van der Waals surface area contributed by atoms with Crippen LogP contribution in [0.25, 0.3) is 0 Å². The van der Waals surface area contributed by atoms with Crippen molar-refractivity contribution in [2.24, 2.45) is 0 Å². The van der Waals surface area contributed by atoms with E-state index >= 15 is 8.78 Å². The van der Waals surface area contributed by atoms with Crippen molar-refractivity contribution in [1.82, 2.24) is 35.4 Å². The fourth-order valence-corrected chi connectivity index (χ4v) is 4.06. The third-order valence-corrected chi connectivity index (χ3v) is 5.70. The number of hydrazine groups is 1. The molecule has 0 bridgehead atoms. The van der Waals surface area contributed by atoms with E-state index in [-0.39, 0.29) is 50.6 Å². The quantitative estimate of drug-likeness (QED) is 0.531. The predicted octanol–water partition coefficient (Wildman–Crippen LogP) is 1.23. The molecule has 2 aliphatic rings. The van der Waals surface area contributed by atoms with Crippen molar-refractivity contribution < 1.29 is 23.1 Å². The van der Waals surface area contributed by atoms with Crippen molar-refractivity contribution >= 4 is 29.2 Å². The van der Waals surface area contributed by atoms with Crippen LogP contribution >= 0.6 is 0 Å². The summed E-state index contributed by atoms with van der Waals surface area (Å²) >= 11 is 0. The van der Waals surface area contributed by atoms with Gasteiger partial charge in [0, 0.05) is 38.0 Å². The van der Waals surface area contributed by atoms with Gasteiger partial charge in [-0.2, -0.15) is 0 Å². The van der Waals surface area contributed by atoms with Gasteiger partial charge in [0.2, 0.25) is 0 Å². The lowest BCUT2D eigenvalue weighted by atomic mass is 10.2. The number of ether oxygens (including phenoxy) is 1. The molecule has 4 heterocycles. The Morgan fingerprint density at radius 2 is 1.94 bits per heavy atom. The second kappa shape index (κ2) is 10.1. The maximum atomic E-state index is 15.1. The SMILES string of the molecule is O=C(Nc1cncnc1)N1CCN(c2c(F)cc(N3C[C@H](Cn4ccnn4)OC3=O)cc2F)CCN1. The Morgan fingerprint density at radius 3 is 2.67 bits per heavy atom. The van der Waals surface area contributed by atoms with Crippen LogP contribution in [-0.2, 0) is 11.3 Å². The Labute approximate surface area is 203 Å². The highest BCUT2D eigenvalue weighted by Gasteiger charge is 2.34. The fraction of sp³-hybridized carbons (Fsp3) is 0.333. The Kier molecular flexibility index (Phi) is 6.53. The van der Waals surface area contributed by atoms with Gasteiger partial charge in [0.05, 0.1) is 49.6 Å². The number of carbonyl (C=O) groups is 2. The van der Waals surface area contributed by atoms with E-state index in [0.29, 0.717) is 5.69 Å². The third kappa shape index (κ3) is 5.00. The molecule has 36 heavy (non-hydrogen) atoms. The maximum Gasteiger partial charge on any atom is 0.414 e. The smallest absolute Gasteiger partial charge is 0.414 e. The van der Waals surface area contributed by atoms with E-state index in [2.05, 4.69) is 31.0 Å². The van der Waals surface area contributed by atoms with Gasteiger partial charge in [-0.3, -0.25) is 9.91 Å². The van der Waals surface area contributed by atoms with Crippen LogP contribution in [0.2, 0.25) is 0 Å². The maximum absolute atomic E-state index is 15.1. The van der Waals surface area contributed by atoms with Gasteiger partial charge in [0.25, 0.3) is 0 Å². The summed E-state index contributed by atoms with van der Waals surface area (Å²) in [7, 11) is 0. The van der Waals surface area contributed by atoms with Gasteiger partial charge in [0.1, 0.15) is 18.1 Å². The van der Waals surface area contributed by atoms with Crippen LogP contribution in [0.4, 0.5) is 35.4 Å². The minimum absolute atomic E-state index is 0.0545. The number of rotatable bonds is 5. The molecule has 0 unspecified atom stereocenters. The van der Waals surface area contributed by atoms with Crippen molar-refractivity contribution in [3.05, 3.63) is 54.9 Å². The minimum atomic E-state index is -0.822. The zero-order chi connectivity index (χ0) is 25.1. The van der Waals surface area contributed by atoms with Crippen molar-refractivity contribution in [2.75, 3.05) is 47.8 Å². The summed E-state index contributed by atoms with van der Waals surface area (Å²) in [5, 5.41) is 11.5. The predicted molar refractivity (Wildman–Crippen MR) is 122 cm³/mol. The number of anilines is 3. The van der Waals surface area contributed by atoms with E-state index in [1.54, 1.807) is 6.20 Å². The Balaban J connectivity index is 1.25. The Morgan fingerprint density at radius 1 is 1.17 bits per heavy atom. The first-order chi connectivity index (χ1) is 17.5. The van der Waals surface area contributed by atoms with Crippen LogP contribution in [-0.4, -0.2) is 80.9 Å². The van der Waals surface area contributed by atoms with Crippen molar-refractivity contribution in [2.45, 2.75) is 12.6 Å². The van der Waals surface area contributed by atoms with Crippen molar-refractivity contribution in [1.29, 1.82) is 0 Å². The van der Waals surface area contributed by atoms with E-state index in [1.165, 1.54) is 44.4 Å². The molecule has 1 atom stereocenters. The molecule has 0 aliphatic carbocycles. The van der Waals surface area contributed by atoms with Crippen LogP contribution < -0.4 is 20.5 Å². The highest BCUT2D eigenvalue weighted by molar-refractivity contribution is 5.90. The Bertz CT molecular complexity index is 1210. The van der Waals surface area contributed by atoms with Crippen LogP contribution in [0.1, 0.15) is 0 Å². The van der Waals surface area contributed by atoms with E-state index in [1.807, 2.05) is 0 Å². The van der Waals surface area contributed by atoms with Gasteiger partial charge in [0.15, 0.2) is 11.6 Å². The molecule has 2 aromatic heterocycles. The number of carbonyl (C=O) groups excluding carboxylic acids is 2. The summed E-state index contributed by atoms with van der Waals surface area (Å²) < 4.78 is 37.1. The molecule has 2 N–H and O–H groups in total. The number of benzene rings is 1. The number of cyclic esters (lactones) is 1. The first-order valence-corrected chi connectivity index (χ1v) is 11.1. The molecule has 2 saturated heterocycles. The number of hydrogen-bond donors (Lipinski definition) is 2. The number of nitrogens with zero attached hydrogens (tertiary/aromatic N) is 8. The summed E-state index contributed by atoms with van der Waals surface area (Å²) in [6.07, 6.45) is 6.14. The molecule has 5 rings (SSSR count). The highest BCUT2D eigenvalue weighted by Crippen LogP contribution is 2.31. The van der Waals surface area contributed by atoms with E-state index < -0.39 is 29.9 Å². The number of hydrogen-bond acceptors (Lipinski definition) is 9. The summed E-state index contributed by atoms with van der Waals surface area (Å²) in [5.41, 5.74) is 3.18. The van der Waals surface area contributed by atoms with Gasteiger partial charge in [-0.25, -0.2) is 38.4 Å². The lowest BCUT2D eigenvalue weighted by molar-refractivity contribution is 0.129. The molecule has 0 spiro atoms. The average molecular weight is 500 g/mol. The summed E-state index contributed by atoms with van der Waals surface area (Å²) in [5.74, 6) is -1.64. The monoisotopic (exact) mass is 500 g/mol. The fourth-order valence-electron chi connectivity index (χ4n) is 4.06. The van der Waals surface area contributed by atoms with E-state index in [0.717, 1.165) is 12.1 Å². The first kappa shape index (κ1) is 23.3. The molecule has 3 aromatic rings. The summed E-state index contributed by atoms with van der Waals surface area (Å²) in [6, 6.07) is 1.77. The second-order valence-corrected chi connectivity index (χ2v) is 8.10. The molecule has 1 aromatic carbocycles. The van der Waals surface area contributed by atoms with Gasteiger partial charge < -0.3 is 15.0 Å². The van der Waals surface area contributed by atoms with Crippen molar-refractivity contribution in [3.8, 4) is 0 Å². The van der Waals surface area contributed by atoms with E-state index in [9.17, 15) is 9.59 Å². The third-order valence-electron chi connectivity index (χ3n) is 5.70. The Hall–Kier alpha value is -4.40. The molecule has 2 fully saturated rings. The van der Waals surface area contributed by atoms with Crippen molar-refractivity contribution in [3.63, 3.8) is 0 Å². The number of halogens is 2. The normalized spacial score (nSPS) is 18.2. The minimum Gasteiger partial charge on any atom is -0.442 e. The van der Waals surface area contributed by atoms with Gasteiger partial charge in [-0.05, 0) is 0 Å². The lowest BCUT2D eigenvalue weighted by Crippen LogP contribution is -2.46. The zero-order valence-electron chi connectivity index (χ0n) is 18.9. The molecule has 0 saturated carbocycles. The van der Waals surface area contributed by atoms with Crippen LogP contribution in [0.5, 0.6) is 0 Å². The number of amides is 3. The standard InChI is InChI=1S/C21H22F2N10O3/c22-17-7-15(32-12-16(36-21(32)35)11-31-4-1-26-29-31)8-18(23)19(17)30-3-2-27-33(6-5-30)20(34)28-14-9-24-13-25-10-14/h1,4,7-10,13,16,27H,2-3,5-6,11-12H2,(H,28,34)/t16-/m0/s1. The van der Waals surface area contributed by atoms with Gasteiger partial charge in [-0.1, -0.05) is 5.21 Å². The highest BCUT2D eigenvalue weighted by atomic mass is 19.1. The topological polar surface area (TPSA) is 134 Å². The van der Waals surface area contributed by atoms with Crippen LogP contribution in [0.15, 0.2) is 43.2 Å². The van der Waals surface area contributed by atoms with E-state index in [4.69, 9.17) is 4.74 Å². The van der Waals surface area contributed by atoms with Crippen LogP contribution in [0, 0.1) is 11.6 Å². The molecule has 3 amide bonds. The van der Waals surface area contributed by atoms with Gasteiger partial charge in [-0.15, -0.1) is 5.10 Å². The number of nitrogens with one attached hydrogen (secondary N) is 2. The van der Waals surface area contributed by atoms with Crippen LogP contribution in [0.3, 0.4) is 0 Å². The molecular formula is C21H22F2N10O3. The molecule has 2 aliphatic heterocycles. The van der Waals surface area contributed by atoms with Gasteiger partial charge >= 0.3 is 12.1 Å². The largest absolute Gasteiger partial charge is 0.442 e. The molecule has 15 heteroatoms. The summed E-state index contributed by atoms with van der Waals surface area (Å²) in [4.78, 5) is 35.2.